The Labute approximate surface area is 158 Å². The van der Waals surface area contributed by atoms with E-state index in [2.05, 4.69) is 15.0 Å². The molecule has 2 saturated heterocycles. The monoisotopic (exact) mass is 371 g/mol. The van der Waals surface area contributed by atoms with E-state index in [-0.39, 0.29) is 17.9 Å². The predicted octanol–water partition coefficient (Wildman–Crippen LogP) is 1.27. The summed E-state index contributed by atoms with van der Waals surface area (Å²) in [4.78, 5) is 32.8. The van der Waals surface area contributed by atoms with Crippen molar-refractivity contribution in [1.29, 1.82) is 0 Å². The minimum atomic E-state index is -0.0913. The fourth-order valence-corrected chi connectivity index (χ4v) is 3.84. The van der Waals surface area contributed by atoms with Gasteiger partial charge in [0.25, 0.3) is 5.91 Å². The Kier molecular flexibility index (Phi) is 4.96. The van der Waals surface area contributed by atoms with Crippen molar-refractivity contribution >= 4 is 23.3 Å². The number of hydrogen-bond donors (Lipinski definition) is 0. The quantitative estimate of drug-likeness (QED) is 0.796. The molecule has 0 bridgehead atoms. The molecule has 1 aromatic rings. The standard InChI is InChI=1S/C19H25N5O3/c1-22-17(25)7-6-15(21-22)19(26)24-12-8-14(13-24)27-16-5-4-9-20-18(16)23-10-2-3-11-23/h4-5,9,14H,2-3,6-8,10-13H2,1H3/t14-/m0/s1. The van der Waals surface area contributed by atoms with Crippen LogP contribution >= 0.6 is 0 Å². The zero-order valence-electron chi connectivity index (χ0n) is 15.6. The molecular formula is C19H25N5O3. The molecule has 0 unspecified atom stereocenters. The average molecular weight is 371 g/mol. The molecule has 144 valence electrons. The van der Waals surface area contributed by atoms with Crippen LogP contribution in [0.3, 0.4) is 0 Å². The molecule has 27 heavy (non-hydrogen) atoms. The zero-order valence-corrected chi connectivity index (χ0v) is 15.6. The Morgan fingerprint density at radius 1 is 1.22 bits per heavy atom. The summed E-state index contributed by atoms with van der Waals surface area (Å²) in [6.45, 7) is 3.19. The Balaban J connectivity index is 1.40. The highest BCUT2D eigenvalue weighted by Crippen LogP contribution is 2.30. The van der Waals surface area contributed by atoms with Crippen LogP contribution in [-0.4, -0.2) is 71.7 Å². The van der Waals surface area contributed by atoms with Gasteiger partial charge >= 0.3 is 0 Å². The van der Waals surface area contributed by atoms with Crippen molar-refractivity contribution in [1.82, 2.24) is 14.9 Å². The third-order valence-electron chi connectivity index (χ3n) is 5.34. The Morgan fingerprint density at radius 3 is 2.81 bits per heavy atom. The normalized spacial score (nSPS) is 23.0. The van der Waals surface area contributed by atoms with E-state index in [1.165, 1.54) is 17.9 Å². The minimum absolute atomic E-state index is 0.0527. The van der Waals surface area contributed by atoms with E-state index in [1.54, 1.807) is 18.1 Å². The fourth-order valence-electron chi connectivity index (χ4n) is 3.84. The first kappa shape index (κ1) is 17.8. The molecule has 1 aromatic heterocycles. The van der Waals surface area contributed by atoms with Crippen molar-refractivity contribution in [3.05, 3.63) is 18.3 Å². The topological polar surface area (TPSA) is 78.3 Å². The Bertz CT molecular complexity index is 759. The first-order valence-electron chi connectivity index (χ1n) is 9.62. The van der Waals surface area contributed by atoms with Gasteiger partial charge in [-0.25, -0.2) is 9.99 Å². The van der Waals surface area contributed by atoms with Crippen molar-refractivity contribution in [2.24, 2.45) is 5.10 Å². The lowest BCUT2D eigenvalue weighted by atomic mass is 10.1. The molecule has 3 aliphatic rings. The number of rotatable bonds is 4. The lowest BCUT2D eigenvalue weighted by molar-refractivity contribution is -0.130. The number of aromatic nitrogens is 1. The van der Waals surface area contributed by atoms with Crippen LogP contribution in [0, 0.1) is 0 Å². The molecule has 0 spiro atoms. The lowest BCUT2D eigenvalue weighted by Crippen LogP contribution is -2.40. The van der Waals surface area contributed by atoms with Gasteiger partial charge in [-0.1, -0.05) is 0 Å². The molecule has 3 aliphatic heterocycles. The SMILES string of the molecule is CN1N=C(C(=O)N2CC[C@H](Oc3cccnc3N3CCCC3)C2)CCC1=O. The summed E-state index contributed by atoms with van der Waals surface area (Å²) in [5.41, 5.74) is 0.455. The van der Waals surface area contributed by atoms with Crippen LogP contribution in [0.15, 0.2) is 23.4 Å². The van der Waals surface area contributed by atoms with Gasteiger partial charge in [-0.3, -0.25) is 9.59 Å². The molecule has 8 nitrogen and oxygen atoms in total. The minimum Gasteiger partial charge on any atom is -0.485 e. The van der Waals surface area contributed by atoms with E-state index >= 15 is 0 Å². The summed E-state index contributed by atoms with van der Waals surface area (Å²) >= 11 is 0. The van der Waals surface area contributed by atoms with Crippen molar-refractivity contribution in [2.75, 3.05) is 38.1 Å². The maximum Gasteiger partial charge on any atom is 0.270 e. The van der Waals surface area contributed by atoms with Crippen molar-refractivity contribution in [3.8, 4) is 5.75 Å². The van der Waals surface area contributed by atoms with E-state index in [9.17, 15) is 9.59 Å². The summed E-state index contributed by atoms with van der Waals surface area (Å²) in [6, 6.07) is 3.84. The number of likely N-dealkylation sites (tertiary alicyclic amines) is 1. The number of amides is 2. The number of hydrogen-bond acceptors (Lipinski definition) is 6. The Hall–Kier alpha value is -2.64. The zero-order chi connectivity index (χ0) is 18.8. The second-order valence-corrected chi connectivity index (χ2v) is 7.26. The molecule has 4 rings (SSSR count). The largest absolute Gasteiger partial charge is 0.485 e. The van der Waals surface area contributed by atoms with Gasteiger partial charge in [0.2, 0.25) is 5.91 Å². The van der Waals surface area contributed by atoms with Gasteiger partial charge in [-0.2, -0.15) is 5.10 Å². The molecule has 0 N–H and O–H groups in total. The van der Waals surface area contributed by atoms with Crippen LogP contribution in [0.5, 0.6) is 5.75 Å². The first-order chi connectivity index (χ1) is 13.1. The summed E-state index contributed by atoms with van der Waals surface area (Å²) in [5.74, 6) is 1.54. The highest BCUT2D eigenvalue weighted by molar-refractivity contribution is 6.39. The maximum absolute atomic E-state index is 12.7. The third-order valence-corrected chi connectivity index (χ3v) is 5.34. The highest BCUT2D eigenvalue weighted by atomic mass is 16.5. The summed E-state index contributed by atoms with van der Waals surface area (Å²) in [6.07, 6.45) is 5.63. The Morgan fingerprint density at radius 2 is 2.04 bits per heavy atom. The molecule has 4 heterocycles. The molecule has 0 saturated carbocycles. The second-order valence-electron chi connectivity index (χ2n) is 7.26. The maximum atomic E-state index is 12.7. The van der Waals surface area contributed by atoms with Gasteiger partial charge in [0.05, 0.1) is 6.54 Å². The van der Waals surface area contributed by atoms with Crippen LogP contribution in [-0.2, 0) is 9.59 Å². The molecule has 0 aliphatic carbocycles. The number of carbonyl (C=O) groups is 2. The van der Waals surface area contributed by atoms with Gasteiger partial charge in [0.15, 0.2) is 11.6 Å². The number of pyridine rings is 1. The predicted molar refractivity (Wildman–Crippen MR) is 101 cm³/mol. The van der Waals surface area contributed by atoms with Crippen LogP contribution in [0.4, 0.5) is 5.82 Å². The number of ether oxygens (including phenoxy) is 1. The van der Waals surface area contributed by atoms with Crippen molar-refractivity contribution < 1.29 is 14.3 Å². The van der Waals surface area contributed by atoms with Crippen molar-refractivity contribution in [3.63, 3.8) is 0 Å². The van der Waals surface area contributed by atoms with Crippen LogP contribution in [0.1, 0.15) is 32.1 Å². The van der Waals surface area contributed by atoms with E-state index in [0.717, 1.165) is 31.1 Å². The molecule has 0 aromatic carbocycles. The van der Waals surface area contributed by atoms with Gasteiger partial charge in [0.1, 0.15) is 11.8 Å². The fraction of sp³-hybridized carbons (Fsp3) is 0.579. The van der Waals surface area contributed by atoms with Gasteiger partial charge in [0, 0.05) is 52.1 Å². The van der Waals surface area contributed by atoms with Gasteiger partial charge in [-0.15, -0.1) is 0 Å². The van der Waals surface area contributed by atoms with Crippen molar-refractivity contribution in [2.45, 2.75) is 38.2 Å². The number of nitrogens with zero attached hydrogens (tertiary/aromatic N) is 5. The number of carbonyl (C=O) groups excluding carboxylic acids is 2. The molecule has 8 heteroatoms. The van der Waals surface area contributed by atoms with E-state index in [4.69, 9.17) is 4.74 Å². The summed E-state index contributed by atoms with van der Waals surface area (Å²) < 4.78 is 6.22. The van der Waals surface area contributed by atoms with E-state index in [1.807, 2.05) is 12.1 Å². The first-order valence-corrected chi connectivity index (χ1v) is 9.62. The second kappa shape index (κ2) is 7.54. The molecule has 2 amide bonds. The molecule has 1 atom stereocenters. The molecule has 0 radical (unpaired) electrons. The average Bonchev–Trinajstić information content (AvgIpc) is 3.36. The van der Waals surface area contributed by atoms with Gasteiger partial charge < -0.3 is 14.5 Å². The van der Waals surface area contributed by atoms with E-state index in [0.29, 0.717) is 31.6 Å². The summed E-state index contributed by atoms with van der Waals surface area (Å²) in [7, 11) is 1.59. The van der Waals surface area contributed by atoms with Crippen LogP contribution in [0.25, 0.3) is 0 Å². The molecule has 2 fully saturated rings. The smallest absolute Gasteiger partial charge is 0.270 e. The molecular weight excluding hydrogens is 346 g/mol. The van der Waals surface area contributed by atoms with Crippen LogP contribution < -0.4 is 9.64 Å². The number of hydrazone groups is 1. The third kappa shape index (κ3) is 3.74. The summed E-state index contributed by atoms with van der Waals surface area (Å²) in [5, 5.41) is 5.40. The van der Waals surface area contributed by atoms with Crippen LogP contribution in [0.2, 0.25) is 0 Å². The van der Waals surface area contributed by atoms with Gasteiger partial charge in [-0.05, 0) is 25.0 Å². The van der Waals surface area contributed by atoms with E-state index < -0.39 is 0 Å². The number of anilines is 1. The lowest BCUT2D eigenvalue weighted by Gasteiger charge is -2.24. The highest BCUT2D eigenvalue weighted by Gasteiger charge is 2.32.